The summed E-state index contributed by atoms with van der Waals surface area (Å²) in [6.07, 6.45) is 0. The predicted molar refractivity (Wildman–Crippen MR) is 52.9 cm³/mol. The van der Waals surface area contributed by atoms with Gasteiger partial charge in [-0.1, -0.05) is 0 Å². The molecule has 0 aliphatic rings. The maximum Gasteiger partial charge on any atom is 0.396 e. The molecule has 0 unspecified atom stereocenters. The van der Waals surface area contributed by atoms with Crippen LogP contribution in [0.3, 0.4) is 0 Å². The molecule has 0 saturated heterocycles. The lowest BCUT2D eigenvalue weighted by atomic mass is 9.92. The largest absolute Gasteiger partial charge is 0.462 e. The van der Waals surface area contributed by atoms with E-state index in [1.54, 1.807) is 13.8 Å². The number of esters is 1. The molecule has 0 fully saturated rings. The molecule has 0 aliphatic heterocycles. The zero-order valence-electron chi connectivity index (χ0n) is 9.34. The molecule has 0 spiro atoms. The Bertz CT molecular complexity index is 273. The second kappa shape index (κ2) is 5.33. The maximum atomic E-state index is 11.3. The summed E-state index contributed by atoms with van der Waals surface area (Å²) in [6.45, 7) is 3.38. The molecule has 0 heterocycles. The van der Waals surface area contributed by atoms with Gasteiger partial charge in [0, 0.05) is 13.6 Å². The van der Waals surface area contributed by atoms with E-state index in [0.717, 1.165) is 7.11 Å². The standard InChI is InChI=1S/C9H16N2O4/c1-9(2,8(14)10-3)5-11-6(12)7(13)15-4/h5H2,1-4H3,(H,10,14)(H,11,12). The molecule has 0 aromatic heterocycles. The molecule has 15 heavy (non-hydrogen) atoms. The molecule has 0 aromatic rings. The van der Waals surface area contributed by atoms with Crippen LogP contribution in [0.15, 0.2) is 0 Å². The van der Waals surface area contributed by atoms with Crippen molar-refractivity contribution in [1.82, 2.24) is 10.6 Å². The van der Waals surface area contributed by atoms with Gasteiger partial charge in [0.2, 0.25) is 5.91 Å². The van der Waals surface area contributed by atoms with Gasteiger partial charge in [0.05, 0.1) is 12.5 Å². The quantitative estimate of drug-likeness (QED) is 0.470. The van der Waals surface area contributed by atoms with Crippen LogP contribution in [-0.2, 0) is 19.1 Å². The van der Waals surface area contributed by atoms with Gasteiger partial charge in [-0.3, -0.25) is 9.59 Å². The van der Waals surface area contributed by atoms with Crippen molar-refractivity contribution in [2.24, 2.45) is 5.41 Å². The molecule has 0 radical (unpaired) electrons. The van der Waals surface area contributed by atoms with E-state index in [1.807, 2.05) is 0 Å². The first kappa shape index (κ1) is 13.4. The highest BCUT2D eigenvalue weighted by Crippen LogP contribution is 2.12. The normalized spacial score (nSPS) is 10.4. The Hall–Kier alpha value is -1.59. The monoisotopic (exact) mass is 216 g/mol. The number of carbonyl (C=O) groups is 3. The Labute approximate surface area is 88.4 Å². The van der Waals surface area contributed by atoms with E-state index < -0.39 is 17.3 Å². The average Bonchev–Trinajstić information content (AvgIpc) is 2.23. The first-order valence-electron chi connectivity index (χ1n) is 4.43. The minimum absolute atomic E-state index is 0.0700. The number of carbonyl (C=O) groups excluding carboxylic acids is 3. The lowest BCUT2D eigenvalue weighted by Crippen LogP contribution is -2.45. The number of amides is 2. The summed E-state index contributed by atoms with van der Waals surface area (Å²) in [7, 11) is 2.62. The number of methoxy groups -OCH3 is 1. The van der Waals surface area contributed by atoms with Crippen molar-refractivity contribution >= 4 is 17.8 Å². The van der Waals surface area contributed by atoms with Crippen LogP contribution in [-0.4, -0.2) is 38.5 Å². The van der Waals surface area contributed by atoms with Gasteiger partial charge in [-0.25, -0.2) is 4.79 Å². The summed E-state index contributed by atoms with van der Waals surface area (Å²) in [6, 6.07) is 0. The lowest BCUT2D eigenvalue weighted by molar-refractivity contribution is -0.153. The Morgan fingerprint density at radius 3 is 2.20 bits per heavy atom. The Morgan fingerprint density at radius 2 is 1.80 bits per heavy atom. The fourth-order valence-corrected chi connectivity index (χ4v) is 0.885. The van der Waals surface area contributed by atoms with Crippen molar-refractivity contribution in [1.29, 1.82) is 0 Å². The van der Waals surface area contributed by atoms with Crippen molar-refractivity contribution in [3.63, 3.8) is 0 Å². The highest BCUT2D eigenvalue weighted by atomic mass is 16.5. The molecular formula is C9H16N2O4. The maximum absolute atomic E-state index is 11.3. The third-order valence-electron chi connectivity index (χ3n) is 1.90. The molecule has 6 nitrogen and oxygen atoms in total. The molecule has 0 aromatic carbocycles. The highest BCUT2D eigenvalue weighted by Gasteiger charge is 2.28. The van der Waals surface area contributed by atoms with Gasteiger partial charge in [0.15, 0.2) is 0 Å². The van der Waals surface area contributed by atoms with Crippen LogP contribution >= 0.6 is 0 Å². The van der Waals surface area contributed by atoms with Crippen LogP contribution in [0.5, 0.6) is 0 Å². The molecule has 0 bridgehead atoms. The number of ether oxygens (including phenoxy) is 1. The Kier molecular flexibility index (Phi) is 4.77. The van der Waals surface area contributed by atoms with Crippen molar-refractivity contribution < 1.29 is 19.1 Å². The van der Waals surface area contributed by atoms with Crippen molar-refractivity contribution in [2.75, 3.05) is 20.7 Å². The van der Waals surface area contributed by atoms with Gasteiger partial charge in [-0.05, 0) is 13.8 Å². The Balaban J connectivity index is 4.21. The van der Waals surface area contributed by atoms with Crippen LogP contribution in [0.25, 0.3) is 0 Å². The zero-order chi connectivity index (χ0) is 12.1. The van der Waals surface area contributed by atoms with E-state index in [0.29, 0.717) is 0 Å². The fourth-order valence-electron chi connectivity index (χ4n) is 0.885. The second-order valence-electron chi connectivity index (χ2n) is 3.64. The first-order valence-corrected chi connectivity index (χ1v) is 4.43. The molecular weight excluding hydrogens is 200 g/mol. The number of rotatable bonds is 3. The molecule has 2 N–H and O–H groups in total. The summed E-state index contributed by atoms with van der Waals surface area (Å²) in [5, 5.41) is 4.78. The van der Waals surface area contributed by atoms with Crippen LogP contribution in [0, 0.1) is 5.41 Å². The third kappa shape index (κ3) is 3.97. The topological polar surface area (TPSA) is 84.5 Å². The van der Waals surface area contributed by atoms with Crippen LogP contribution in [0.2, 0.25) is 0 Å². The lowest BCUT2D eigenvalue weighted by Gasteiger charge is -2.22. The molecule has 0 rings (SSSR count). The summed E-state index contributed by atoms with van der Waals surface area (Å²) in [4.78, 5) is 33.1. The van der Waals surface area contributed by atoms with Crippen molar-refractivity contribution in [3.8, 4) is 0 Å². The molecule has 0 atom stereocenters. The summed E-state index contributed by atoms with van der Waals surface area (Å²) in [5.74, 6) is -2.04. The summed E-state index contributed by atoms with van der Waals surface area (Å²) in [5.41, 5.74) is -0.765. The third-order valence-corrected chi connectivity index (χ3v) is 1.90. The molecule has 0 saturated carbocycles. The molecule has 6 heteroatoms. The van der Waals surface area contributed by atoms with Gasteiger partial charge in [0.1, 0.15) is 0 Å². The van der Waals surface area contributed by atoms with Crippen LogP contribution in [0.4, 0.5) is 0 Å². The number of hydrogen-bond acceptors (Lipinski definition) is 4. The van der Waals surface area contributed by atoms with Gasteiger partial charge in [-0.2, -0.15) is 0 Å². The van der Waals surface area contributed by atoms with Gasteiger partial charge in [-0.15, -0.1) is 0 Å². The van der Waals surface area contributed by atoms with E-state index in [-0.39, 0.29) is 12.5 Å². The van der Waals surface area contributed by atoms with Gasteiger partial charge < -0.3 is 15.4 Å². The van der Waals surface area contributed by atoms with E-state index in [1.165, 1.54) is 7.05 Å². The number of hydrogen-bond donors (Lipinski definition) is 2. The number of nitrogens with one attached hydrogen (secondary N) is 2. The Morgan fingerprint density at radius 1 is 1.27 bits per heavy atom. The molecule has 86 valence electrons. The highest BCUT2D eigenvalue weighted by molar-refractivity contribution is 6.32. The van der Waals surface area contributed by atoms with Crippen molar-refractivity contribution in [2.45, 2.75) is 13.8 Å². The van der Waals surface area contributed by atoms with Gasteiger partial charge >= 0.3 is 11.9 Å². The fraction of sp³-hybridized carbons (Fsp3) is 0.667. The average molecular weight is 216 g/mol. The first-order chi connectivity index (χ1) is 6.85. The SMILES string of the molecule is CNC(=O)C(C)(C)CNC(=O)C(=O)OC. The predicted octanol–water partition coefficient (Wildman–Crippen LogP) is -0.952. The van der Waals surface area contributed by atoms with Gasteiger partial charge in [0.25, 0.3) is 0 Å². The second-order valence-corrected chi connectivity index (χ2v) is 3.64. The van der Waals surface area contributed by atoms with E-state index in [2.05, 4.69) is 15.4 Å². The minimum atomic E-state index is -0.970. The van der Waals surface area contributed by atoms with E-state index in [9.17, 15) is 14.4 Å². The minimum Gasteiger partial charge on any atom is -0.462 e. The van der Waals surface area contributed by atoms with Crippen molar-refractivity contribution in [3.05, 3.63) is 0 Å². The molecule has 0 aliphatic carbocycles. The van der Waals surface area contributed by atoms with E-state index in [4.69, 9.17) is 0 Å². The van der Waals surface area contributed by atoms with Crippen LogP contribution in [0.1, 0.15) is 13.8 Å². The summed E-state index contributed by atoms with van der Waals surface area (Å²) >= 11 is 0. The zero-order valence-corrected chi connectivity index (χ0v) is 9.34. The van der Waals surface area contributed by atoms with E-state index >= 15 is 0 Å². The smallest absolute Gasteiger partial charge is 0.396 e. The summed E-state index contributed by atoms with van der Waals surface area (Å²) < 4.78 is 4.21. The molecule has 2 amide bonds. The van der Waals surface area contributed by atoms with Crippen LogP contribution < -0.4 is 10.6 Å².